The monoisotopic (exact) mass is 409 g/mol. The average Bonchev–Trinajstić information content (AvgIpc) is 3.45. The van der Waals surface area contributed by atoms with Crippen molar-refractivity contribution in [2.45, 2.75) is 6.82 Å². The van der Waals surface area contributed by atoms with Crippen LogP contribution in [0.1, 0.15) is 10.4 Å². The number of hydrogen-bond acceptors (Lipinski definition) is 5. The Morgan fingerprint density at radius 1 is 1.34 bits per heavy atom. The first-order valence-electron chi connectivity index (χ1n) is 8.71. The summed E-state index contributed by atoms with van der Waals surface area (Å²) in [6, 6.07) is 6.29. The van der Waals surface area contributed by atoms with Gasteiger partial charge in [0.2, 0.25) is 13.3 Å². The van der Waals surface area contributed by atoms with Gasteiger partial charge in [0.15, 0.2) is 5.13 Å². The summed E-state index contributed by atoms with van der Waals surface area (Å²) in [5.74, 6) is -1.15. The molecule has 1 aromatic carbocycles. The molecular formula is C19H15BFN4O3S. The number of hydrogen-bond donors (Lipinski definition) is 2. The van der Waals surface area contributed by atoms with Crippen LogP contribution in [0, 0.1) is 5.82 Å². The Labute approximate surface area is 169 Å². The van der Waals surface area contributed by atoms with E-state index in [0.717, 1.165) is 0 Å². The number of nitrogens with zero attached hydrogens (tertiary/aromatic N) is 2. The summed E-state index contributed by atoms with van der Waals surface area (Å²) in [6.07, 6.45) is 4.83. The van der Waals surface area contributed by atoms with Crippen molar-refractivity contribution in [3.63, 3.8) is 0 Å². The number of fused-ring (bicyclic) bond motifs is 1. The molecule has 1 radical (unpaired) electrons. The third kappa shape index (κ3) is 4.07. The van der Waals surface area contributed by atoms with Crippen LogP contribution in [-0.4, -0.2) is 35.2 Å². The van der Waals surface area contributed by atoms with E-state index in [0.29, 0.717) is 32.9 Å². The number of carbonyl (C=O) groups is 2. The highest BCUT2D eigenvalue weighted by Gasteiger charge is 2.13. The van der Waals surface area contributed by atoms with Crippen molar-refractivity contribution < 1.29 is 18.4 Å². The summed E-state index contributed by atoms with van der Waals surface area (Å²) in [4.78, 5) is 28.5. The molecular weight excluding hydrogens is 394 g/mol. The minimum absolute atomic E-state index is 0.193. The molecule has 2 N–H and O–H groups in total. The molecule has 3 aromatic heterocycles. The molecule has 4 aromatic rings. The Bertz CT molecular complexity index is 1200. The summed E-state index contributed by atoms with van der Waals surface area (Å²) >= 11 is 1.21. The smallest absolute Gasteiger partial charge is 0.253 e. The van der Waals surface area contributed by atoms with Crippen LogP contribution in [0.25, 0.3) is 22.2 Å². The van der Waals surface area contributed by atoms with E-state index < -0.39 is 11.7 Å². The molecule has 2 amide bonds. The van der Waals surface area contributed by atoms with Crippen LogP contribution in [0.2, 0.25) is 6.82 Å². The molecule has 0 aliphatic heterocycles. The van der Waals surface area contributed by atoms with Gasteiger partial charge in [-0.3, -0.25) is 9.59 Å². The molecule has 7 nitrogen and oxygen atoms in total. The van der Waals surface area contributed by atoms with Crippen molar-refractivity contribution in [3.05, 3.63) is 59.7 Å². The molecule has 0 saturated heterocycles. The Hall–Kier alpha value is -3.40. The zero-order valence-electron chi connectivity index (χ0n) is 15.3. The third-order valence-electron chi connectivity index (χ3n) is 4.25. The Kier molecular flexibility index (Phi) is 5.17. The lowest BCUT2D eigenvalue weighted by Gasteiger charge is -2.04. The van der Waals surface area contributed by atoms with Gasteiger partial charge in [-0.15, -0.1) is 11.3 Å². The second-order valence-electron chi connectivity index (χ2n) is 6.16. The lowest BCUT2D eigenvalue weighted by Crippen LogP contribution is -2.32. The van der Waals surface area contributed by atoms with Gasteiger partial charge in [0.25, 0.3) is 5.91 Å². The number of amides is 2. The van der Waals surface area contributed by atoms with Crippen molar-refractivity contribution in [3.8, 4) is 11.3 Å². The van der Waals surface area contributed by atoms with E-state index in [4.69, 9.17) is 4.42 Å². The molecule has 0 fully saturated rings. The van der Waals surface area contributed by atoms with Crippen LogP contribution in [0.4, 0.5) is 9.52 Å². The van der Waals surface area contributed by atoms with Crippen molar-refractivity contribution >= 4 is 46.7 Å². The van der Waals surface area contributed by atoms with E-state index >= 15 is 0 Å². The number of benzene rings is 1. The second-order valence-corrected chi connectivity index (χ2v) is 7.02. The van der Waals surface area contributed by atoms with E-state index in [1.54, 1.807) is 47.9 Å². The van der Waals surface area contributed by atoms with E-state index in [2.05, 4.69) is 15.6 Å². The Balaban J connectivity index is 1.38. The van der Waals surface area contributed by atoms with Crippen molar-refractivity contribution in [2.75, 3.05) is 11.9 Å². The molecule has 3 heterocycles. The minimum Gasteiger partial charge on any atom is -0.464 e. The van der Waals surface area contributed by atoms with Crippen LogP contribution < -0.4 is 10.6 Å². The number of halogens is 1. The summed E-state index contributed by atoms with van der Waals surface area (Å²) in [6.45, 7) is 1.65. The van der Waals surface area contributed by atoms with Crippen LogP contribution in [0.5, 0.6) is 0 Å². The first-order chi connectivity index (χ1) is 14.0. The highest BCUT2D eigenvalue weighted by molar-refractivity contribution is 7.14. The highest BCUT2D eigenvalue weighted by Crippen LogP contribution is 2.29. The molecule has 145 valence electrons. The van der Waals surface area contributed by atoms with Gasteiger partial charge in [-0.1, -0.05) is 6.82 Å². The molecule has 0 atom stereocenters. The zero-order chi connectivity index (χ0) is 20.4. The Morgan fingerprint density at radius 3 is 3.00 bits per heavy atom. The number of nitrogens with one attached hydrogen (secondary N) is 2. The maximum atomic E-state index is 14.1. The van der Waals surface area contributed by atoms with Gasteiger partial charge in [0.1, 0.15) is 11.4 Å². The molecule has 0 bridgehead atoms. The summed E-state index contributed by atoms with van der Waals surface area (Å²) in [7, 11) is 1.80. The average molecular weight is 409 g/mol. The quantitative estimate of drug-likeness (QED) is 0.478. The van der Waals surface area contributed by atoms with E-state index in [1.807, 2.05) is 6.82 Å². The first-order valence-corrected chi connectivity index (χ1v) is 9.59. The molecule has 4 rings (SSSR count). The topological polar surface area (TPSA) is 89.2 Å². The van der Waals surface area contributed by atoms with Gasteiger partial charge < -0.3 is 19.5 Å². The number of aromatic nitrogens is 2. The molecule has 0 unspecified atom stereocenters. The number of furan rings is 1. The number of thiazole rings is 1. The van der Waals surface area contributed by atoms with Gasteiger partial charge in [-0.25, -0.2) is 9.37 Å². The third-order valence-corrected chi connectivity index (χ3v) is 5.01. The lowest BCUT2D eigenvalue weighted by atomic mass is 10.0. The minimum atomic E-state index is -0.409. The van der Waals surface area contributed by atoms with E-state index in [-0.39, 0.29) is 12.5 Å². The predicted octanol–water partition coefficient (Wildman–Crippen LogP) is 3.38. The lowest BCUT2D eigenvalue weighted by molar-refractivity contribution is -0.115. The zero-order valence-corrected chi connectivity index (χ0v) is 16.1. The van der Waals surface area contributed by atoms with Gasteiger partial charge in [-0.2, -0.15) is 0 Å². The summed E-state index contributed by atoms with van der Waals surface area (Å²) < 4.78 is 21.1. The number of anilines is 1. The molecule has 0 spiro atoms. The predicted molar refractivity (Wildman–Crippen MR) is 110 cm³/mol. The molecule has 0 aliphatic carbocycles. The summed E-state index contributed by atoms with van der Waals surface area (Å²) in [5.41, 5.74) is 1.95. The van der Waals surface area contributed by atoms with Crippen molar-refractivity contribution in [2.24, 2.45) is 0 Å². The second kappa shape index (κ2) is 7.92. The van der Waals surface area contributed by atoms with Gasteiger partial charge in [-0.05, 0) is 30.5 Å². The van der Waals surface area contributed by atoms with Crippen molar-refractivity contribution in [1.82, 2.24) is 14.8 Å². The highest BCUT2D eigenvalue weighted by atomic mass is 32.1. The maximum absolute atomic E-state index is 14.1. The van der Waals surface area contributed by atoms with E-state index in [1.165, 1.54) is 23.7 Å². The fourth-order valence-corrected chi connectivity index (χ4v) is 3.51. The molecule has 0 saturated carbocycles. The van der Waals surface area contributed by atoms with Gasteiger partial charge >= 0.3 is 0 Å². The molecule has 29 heavy (non-hydrogen) atoms. The summed E-state index contributed by atoms with van der Waals surface area (Å²) in [5, 5.41) is 7.65. The largest absolute Gasteiger partial charge is 0.464 e. The first kappa shape index (κ1) is 18.9. The number of carbonyl (C=O) groups excluding carboxylic acids is 2. The van der Waals surface area contributed by atoms with Gasteiger partial charge in [0, 0.05) is 17.1 Å². The van der Waals surface area contributed by atoms with Crippen LogP contribution in [0.15, 0.2) is 52.7 Å². The fraction of sp³-hybridized carbons (Fsp3) is 0.105. The molecule has 10 heteroatoms. The van der Waals surface area contributed by atoms with Crippen molar-refractivity contribution in [1.29, 1.82) is 0 Å². The van der Waals surface area contributed by atoms with E-state index in [9.17, 15) is 14.0 Å². The fourth-order valence-electron chi connectivity index (χ4n) is 2.77. The standard InChI is InChI=1S/C19H15BFN4O3S/c1-20-25-4-2-11(9-25)18(27)22-8-17(26)24-19-23-15(10-29-19)12-6-14(21)13-3-5-28-16(13)7-12/h2-7,9-10H,8H2,1H3,(H,22,27)(H,23,24,26). The maximum Gasteiger partial charge on any atom is 0.253 e. The van der Waals surface area contributed by atoms with Crippen LogP contribution in [-0.2, 0) is 4.79 Å². The normalized spacial score (nSPS) is 10.8. The SMILES string of the molecule is C[B]n1ccc(C(=O)NCC(=O)Nc2nc(-c3cc(F)c4ccoc4c3)cs2)c1. The number of rotatable bonds is 6. The van der Waals surface area contributed by atoms with Gasteiger partial charge in [0.05, 0.1) is 29.5 Å². The molecule has 0 aliphatic rings. The van der Waals surface area contributed by atoms with Crippen LogP contribution >= 0.6 is 11.3 Å². The Morgan fingerprint density at radius 2 is 2.21 bits per heavy atom. The van der Waals surface area contributed by atoms with Crippen LogP contribution in [0.3, 0.4) is 0 Å².